The van der Waals surface area contributed by atoms with Gasteiger partial charge in [0, 0.05) is 16.1 Å². The van der Waals surface area contributed by atoms with Gasteiger partial charge in [0.05, 0.1) is 5.69 Å². The lowest BCUT2D eigenvalue weighted by atomic mass is 10.1. The van der Waals surface area contributed by atoms with Gasteiger partial charge in [-0.2, -0.15) is 0 Å². The van der Waals surface area contributed by atoms with E-state index in [0.717, 1.165) is 16.3 Å². The molecule has 2 aromatic heterocycles. The number of nitrogens with two attached hydrogens (primary N) is 1. The predicted octanol–water partition coefficient (Wildman–Crippen LogP) is 2.82. The van der Waals surface area contributed by atoms with Crippen LogP contribution in [-0.2, 0) is 0 Å². The van der Waals surface area contributed by atoms with E-state index < -0.39 is 0 Å². The zero-order valence-corrected chi connectivity index (χ0v) is 13.3. The zero-order valence-electron chi connectivity index (χ0n) is 12.5. The normalized spacial score (nSPS) is 10.8. The number of aryl methyl sites for hydroxylation is 2. The van der Waals surface area contributed by atoms with Crippen molar-refractivity contribution in [2.24, 2.45) is 5.84 Å². The van der Waals surface area contributed by atoms with Crippen molar-refractivity contribution in [3.63, 3.8) is 0 Å². The molecular weight excluding hydrogens is 286 g/mol. The molecule has 0 saturated heterocycles. The molecule has 0 radical (unpaired) electrons. The van der Waals surface area contributed by atoms with E-state index in [4.69, 9.17) is 5.84 Å². The second-order valence-corrected chi connectivity index (χ2v) is 6.28. The fourth-order valence-electron chi connectivity index (χ4n) is 1.75. The quantitative estimate of drug-likeness (QED) is 0.596. The van der Waals surface area contributed by atoms with Crippen LogP contribution in [0.4, 0.5) is 10.9 Å². The van der Waals surface area contributed by atoms with Crippen LogP contribution in [0.3, 0.4) is 0 Å². The van der Waals surface area contributed by atoms with E-state index in [2.05, 4.69) is 20.7 Å². The van der Waals surface area contributed by atoms with Gasteiger partial charge in [-0.05, 0) is 31.9 Å². The fraction of sp³-hybridized carbons (Fsp3) is 0.357. The molecule has 7 heteroatoms. The molecule has 2 heterocycles. The van der Waals surface area contributed by atoms with Crippen LogP contribution in [0.25, 0.3) is 0 Å². The largest absolute Gasteiger partial charge is 0.308 e. The molecule has 0 saturated carbocycles. The van der Waals surface area contributed by atoms with Crippen LogP contribution in [0, 0.1) is 13.8 Å². The molecule has 2 rings (SSSR count). The summed E-state index contributed by atoms with van der Waals surface area (Å²) >= 11 is 1.46. The number of hydrazine groups is 1. The molecule has 0 atom stereocenters. The molecule has 0 aliphatic rings. The molecule has 21 heavy (non-hydrogen) atoms. The number of rotatable bonds is 4. The van der Waals surface area contributed by atoms with Crippen LogP contribution in [0.1, 0.15) is 46.4 Å². The van der Waals surface area contributed by atoms with Gasteiger partial charge in [-0.25, -0.2) is 15.8 Å². The Morgan fingerprint density at radius 3 is 2.52 bits per heavy atom. The minimum atomic E-state index is -0.218. The van der Waals surface area contributed by atoms with Crippen LogP contribution >= 0.6 is 11.3 Å². The van der Waals surface area contributed by atoms with Crippen LogP contribution in [0.15, 0.2) is 12.1 Å². The average Bonchev–Trinajstić information content (AvgIpc) is 2.76. The van der Waals surface area contributed by atoms with Gasteiger partial charge >= 0.3 is 0 Å². The second kappa shape index (κ2) is 6.19. The summed E-state index contributed by atoms with van der Waals surface area (Å²) < 4.78 is 0. The lowest BCUT2D eigenvalue weighted by Crippen LogP contribution is -2.16. The van der Waals surface area contributed by atoms with Gasteiger partial charge in [0.25, 0.3) is 5.91 Å². The predicted molar refractivity (Wildman–Crippen MR) is 85.7 cm³/mol. The molecule has 0 aromatic carbocycles. The summed E-state index contributed by atoms with van der Waals surface area (Å²) in [6, 6.07) is 3.39. The SMILES string of the molecule is Cc1nc(NC(=O)c2cc(NN)nc(C(C)C)c2)sc1C. The minimum absolute atomic E-state index is 0.203. The Morgan fingerprint density at radius 1 is 1.29 bits per heavy atom. The van der Waals surface area contributed by atoms with Gasteiger partial charge in [-0.15, -0.1) is 11.3 Å². The number of aromatic nitrogens is 2. The molecule has 6 nitrogen and oxygen atoms in total. The highest BCUT2D eigenvalue weighted by molar-refractivity contribution is 7.15. The molecule has 0 aliphatic carbocycles. The maximum atomic E-state index is 12.3. The van der Waals surface area contributed by atoms with E-state index in [1.54, 1.807) is 12.1 Å². The van der Waals surface area contributed by atoms with Crippen LogP contribution in [-0.4, -0.2) is 15.9 Å². The van der Waals surface area contributed by atoms with Gasteiger partial charge in [0.15, 0.2) is 5.13 Å². The minimum Gasteiger partial charge on any atom is -0.308 e. The Balaban J connectivity index is 2.27. The van der Waals surface area contributed by atoms with E-state index in [1.165, 1.54) is 11.3 Å². The van der Waals surface area contributed by atoms with Crippen molar-refractivity contribution in [1.82, 2.24) is 9.97 Å². The molecule has 0 fully saturated rings. The number of amides is 1. The molecule has 112 valence electrons. The molecule has 2 aromatic rings. The van der Waals surface area contributed by atoms with Crippen molar-refractivity contribution in [3.8, 4) is 0 Å². The van der Waals surface area contributed by atoms with Crippen molar-refractivity contribution >= 4 is 28.2 Å². The van der Waals surface area contributed by atoms with Crippen molar-refractivity contribution in [1.29, 1.82) is 0 Å². The number of hydrogen-bond donors (Lipinski definition) is 3. The first-order valence-electron chi connectivity index (χ1n) is 6.64. The number of nitrogen functional groups attached to an aromatic ring is 1. The molecular formula is C14H19N5OS. The number of thiazole rings is 1. The van der Waals surface area contributed by atoms with E-state index in [1.807, 2.05) is 27.7 Å². The maximum absolute atomic E-state index is 12.3. The van der Waals surface area contributed by atoms with Gasteiger partial charge in [-0.3, -0.25) is 10.1 Å². The first-order chi connectivity index (χ1) is 9.90. The van der Waals surface area contributed by atoms with E-state index in [0.29, 0.717) is 16.5 Å². The van der Waals surface area contributed by atoms with Crippen LogP contribution in [0.5, 0.6) is 0 Å². The van der Waals surface area contributed by atoms with E-state index in [9.17, 15) is 4.79 Å². The third-order valence-electron chi connectivity index (χ3n) is 3.10. The van der Waals surface area contributed by atoms with E-state index in [-0.39, 0.29) is 11.8 Å². The Hall–Kier alpha value is -1.99. The maximum Gasteiger partial charge on any atom is 0.257 e. The molecule has 0 bridgehead atoms. The summed E-state index contributed by atoms with van der Waals surface area (Å²) in [6.07, 6.45) is 0. The molecule has 4 N–H and O–H groups in total. The summed E-state index contributed by atoms with van der Waals surface area (Å²) in [4.78, 5) is 22.1. The van der Waals surface area contributed by atoms with Gasteiger partial charge < -0.3 is 5.43 Å². The van der Waals surface area contributed by atoms with Crippen molar-refractivity contribution in [2.45, 2.75) is 33.6 Å². The summed E-state index contributed by atoms with van der Waals surface area (Å²) in [5.74, 6) is 5.86. The lowest BCUT2D eigenvalue weighted by Gasteiger charge is -2.10. The third kappa shape index (κ3) is 3.56. The standard InChI is InChI=1S/C14H19N5OS/c1-7(2)11-5-10(6-12(17-11)19-15)13(20)18-14-16-8(3)9(4)21-14/h5-7H,15H2,1-4H3,(H,17,19)(H,16,18,20). The Kier molecular flexibility index (Phi) is 4.54. The van der Waals surface area contributed by atoms with Crippen LogP contribution < -0.4 is 16.6 Å². The summed E-state index contributed by atoms with van der Waals surface area (Å²) in [7, 11) is 0. The number of carbonyl (C=O) groups is 1. The van der Waals surface area contributed by atoms with Gasteiger partial charge in [0.1, 0.15) is 5.82 Å². The second-order valence-electron chi connectivity index (χ2n) is 5.08. The van der Waals surface area contributed by atoms with Gasteiger partial charge in [0.2, 0.25) is 0 Å². The van der Waals surface area contributed by atoms with Crippen molar-refractivity contribution in [3.05, 3.63) is 34.0 Å². The first-order valence-corrected chi connectivity index (χ1v) is 7.46. The third-order valence-corrected chi connectivity index (χ3v) is 4.08. The number of nitrogens with one attached hydrogen (secondary N) is 2. The first kappa shape index (κ1) is 15.4. The summed E-state index contributed by atoms with van der Waals surface area (Å²) in [6.45, 7) is 7.92. The Morgan fingerprint density at radius 2 is 2.00 bits per heavy atom. The molecule has 0 aliphatic heterocycles. The number of anilines is 2. The Labute approximate surface area is 127 Å². The average molecular weight is 305 g/mol. The summed E-state index contributed by atoms with van der Waals surface area (Å²) in [5.41, 5.74) is 4.73. The highest BCUT2D eigenvalue weighted by Crippen LogP contribution is 2.23. The molecule has 0 spiro atoms. The number of hydrogen-bond acceptors (Lipinski definition) is 6. The highest BCUT2D eigenvalue weighted by atomic mass is 32.1. The highest BCUT2D eigenvalue weighted by Gasteiger charge is 2.14. The number of carbonyl (C=O) groups excluding carboxylic acids is 1. The Bertz CT molecular complexity index is 646. The smallest absolute Gasteiger partial charge is 0.257 e. The van der Waals surface area contributed by atoms with Crippen LogP contribution in [0.2, 0.25) is 0 Å². The van der Waals surface area contributed by atoms with Crippen molar-refractivity contribution < 1.29 is 4.79 Å². The fourth-order valence-corrected chi connectivity index (χ4v) is 2.56. The number of nitrogens with zero attached hydrogens (tertiary/aromatic N) is 2. The molecule has 0 unspecified atom stereocenters. The molecule has 1 amide bonds. The topological polar surface area (TPSA) is 92.9 Å². The van der Waals surface area contributed by atoms with Crippen molar-refractivity contribution in [2.75, 3.05) is 10.7 Å². The zero-order chi connectivity index (χ0) is 15.6. The monoisotopic (exact) mass is 305 g/mol. The van der Waals surface area contributed by atoms with E-state index >= 15 is 0 Å². The van der Waals surface area contributed by atoms with Gasteiger partial charge in [-0.1, -0.05) is 13.8 Å². The summed E-state index contributed by atoms with van der Waals surface area (Å²) in [5, 5.41) is 3.41. The number of pyridine rings is 1. The lowest BCUT2D eigenvalue weighted by molar-refractivity contribution is 0.102.